The third-order valence-corrected chi connectivity index (χ3v) is 6.40. The molecule has 2 aliphatic rings. The number of carbonyl (C=O) groups is 3. The van der Waals surface area contributed by atoms with Crippen molar-refractivity contribution >= 4 is 35.3 Å². The quantitative estimate of drug-likeness (QED) is 0.771. The van der Waals surface area contributed by atoms with E-state index in [-0.39, 0.29) is 24.4 Å². The van der Waals surface area contributed by atoms with E-state index in [0.717, 1.165) is 5.75 Å². The van der Waals surface area contributed by atoms with E-state index in [9.17, 15) is 14.4 Å². The minimum atomic E-state index is -0.636. The summed E-state index contributed by atoms with van der Waals surface area (Å²) in [4.78, 5) is 41.3. The van der Waals surface area contributed by atoms with Gasteiger partial charge in [0.25, 0.3) is 0 Å². The summed E-state index contributed by atoms with van der Waals surface area (Å²) in [6, 6.07) is 17.8. The monoisotopic (exact) mass is 424 g/mol. The summed E-state index contributed by atoms with van der Waals surface area (Å²) in [5, 5.41) is 5.69. The van der Waals surface area contributed by atoms with Crippen molar-refractivity contribution in [1.29, 1.82) is 0 Å². The van der Waals surface area contributed by atoms with Crippen LogP contribution in [0.3, 0.4) is 0 Å². The largest absolute Gasteiger partial charge is 0.342 e. The Hall–Kier alpha value is -3.00. The van der Waals surface area contributed by atoms with Crippen LogP contribution in [-0.2, 0) is 15.3 Å². The second-order valence-electron chi connectivity index (χ2n) is 7.35. The van der Waals surface area contributed by atoms with Crippen molar-refractivity contribution in [2.45, 2.75) is 17.8 Å². The molecule has 4 amide bonds. The van der Waals surface area contributed by atoms with Gasteiger partial charge >= 0.3 is 6.03 Å². The van der Waals surface area contributed by atoms with Crippen LogP contribution in [0.4, 0.5) is 10.5 Å². The van der Waals surface area contributed by atoms with Crippen LogP contribution < -0.4 is 10.6 Å². The van der Waals surface area contributed by atoms with Crippen LogP contribution in [-0.4, -0.2) is 65.1 Å². The van der Waals surface area contributed by atoms with E-state index >= 15 is 0 Å². The number of amides is 4. The number of hydrogen-bond acceptors (Lipinski definition) is 4. The Labute approximate surface area is 179 Å². The summed E-state index contributed by atoms with van der Waals surface area (Å²) in [5.74, 6) is 1.05. The van der Waals surface area contributed by atoms with Crippen molar-refractivity contribution in [3.63, 3.8) is 0 Å². The number of hydrogen-bond donors (Lipinski definition) is 2. The Kier molecular flexibility index (Phi) is 6.23. The SMILES string of the molecule is O=C1N[C@@H](CSCc2ccccc2)C(=O)N2CCN(C(=O)Nc3ccccc3)C[C@H]12. The zero-order valence-electron chi connectivity index (χ0n) is 16.5. The average Bonchev–Trinajstić information content (AvgIpc) is 2.78. The molecule has 2 fully saturated rings. The van der Waals surface area contributed by atoms with E-state index in [1.165, 1.54) is 5.56 Å². The van der Waals surface area contributed by atoms with Crippen molar-refractivity contribution in [2.24, 2.45) is 0 Å². The van der Waals surface area contributed by atoms with Crippen LogP contribution in [0, 0.1) is 0 Å². The predicted octanol–water partition coefficient (Wildman–Crippen LogP) is 2.16. The van der Waals surface area contributed by atoms with Crippen molar-refractivity contribution in [2.75, 3.05) is 30.7 Å². The first-order valence-corrected chi connectivity index (χ1v) is 11.1. The van der Waals surface area contributed by atoms with Crippen LogP contribution >= 0.6 is 11.8 Å². The molecule has 0 radical (unpaired) electrons. The van der Waals surface area contributed by atoms with Crippen LogP contribution in [0.2, 0.25) is 0 Å². The number of piperazine rings is 2. The Morgan fingerprint density at radius 3 is 2.47 bits per heavy atom. The second kappa shape index (κ2) is 9.21. The van der Waals surface area contributed by atoms with Crippen molar-refractivity contribution in [3.05, 3.63) is 66.2 Å². The van der Waals surface area contributed by atoms with Crippen LogP contribution in [0.1, 0.15) is 5.56 Å². The van der Waals surface area contributed by atoms with Gasteiger partial charge in [-0.1, -0.05) is 48.5 Å². The fourth-order valence-corrected chi connectivity index (χ4v) is 4.70. The maximum Gasteiger partial charge on any atom is 0.321 e. The maximum atomic E-state index is 12.9. The lowest BCUT2D eigenvalue weighted by molar-refractivity contribution is -0.151. The molecule has 2 aromatic carbocycles. The first-order chi connectivity index (χ1) is 14.6. The van der Waals surface area contributed by atoms with E-state index in [2.05, 4.69) is 10.6 Å². The molecule has 156 valence electrons. The number of thioether (sulfide) groups is 1. The smallest absolute Gasteiger partial charge is 0.321 e. The summed E-state index contributed by atoms with van der Waals surface area (Å²) < 4.78 is 0. The number of benzene rings is 2. The zero-order valence-corrected chi connectivity index (χ0v) is 17.3. The van der Waals surface area contributed by atoms with Crippen LogP contribution in [0.15, 0.2) is 60.7 Å². The summed E-state index contributed by atoms with van der Waals surface area (Å²) in [6.45, 7) is 0.956. The van der Waals surface area contributed by atoms with Gasteiger partial charge in [-0.05, 0) is 17.7 Å². The highest BCUT2D eigenvalue weighted by Crippen LogP contribution is 2.21. The van der Waals surface area contributed by atoms with Crippen molar-refractivity contribution in [1.82, 2.24) is 15.1 Å². The number of carbonyl (C=O) groups excluding carboxylic acids is 3. The molecular weight excluding hydrogens is 400 g/mol. The molecular formula is C22H24N4O3S. The molecule has 0 spiro atoms. The van der Waals surface area contributed by atoms with Gasteiger partial charge < -0.3 is 20.4 Å². The molecule has 30 heavy (non-hydrogen) atoms. The van der Waals surface area contributed by atoms with Gasteiger partial charge in [-0.2, -0.15) is 11.8 Å². The lowest BCUT2D eigenvalue weighted by Crippen LogP contribution is -2.70. The van der Waals surface area contributed by atoms with Crippen LogP contribution in [0.5, 0.6) is 0 Å². The van der Waals surface area contributed by atoms with Gasteiger partial charge in [-0.3, -0.25) is 9.59 Å². The highest BCUT2D eigenvalue weighted by Gasteiger charge is 2.44. The Morgan fingerprint density at radius 2 is 1.73 bits per heavy atom. The fourth-order valence-electron chi connectivity index (χ4n) is 3.69. The number of rotatable bonds is 5. The lowest BCUT2D eigenvalue weighted by Gasteiger charge is -2.45. The number of nitrogens with one attached hydrogen (secondary N) is 2. The summed E-state index contributed by atoms with van der Waals surface area (Å²) in [7, 11) is 0. The first-order valence-electron chi connectivity index (χ1n) is 9.95. The lowest BCUT2D eigenvalue weighted by atomic mass is 10.1. The normalized spacial score (nSPS) is 21.1. The average molecular weight is 425 g/mol. The molecule has 0 aromatic heterocycles. The molecule has 2 heterocycles. The second-order valence-corrected chi connectivity index (χ2v) is 8.38. The molecule has 0 unspecified atom stereocenters. The highest BCUT2D eigenvalue weighted by atomic mass is 32.2. The third-order valence-electron chi connectivity index (χ3n) is 5.29. The fraction of sp³-hybridized carbons (Fsp3) is 0.318. The van der Waals surface area contributed by atoms with E-state index in [1.54, 1.807) is 21.6 Å². The minimum Gasteiger partial charge on any atom is -0.342 e. The zero-order chi connectivity index (χ0) is 20.9. The number of para-hydroxylation sites is 1. The maximum absolute atomic E-state index is 12.9. The van der Waals surface area contributed by atoms with Gasteiger partial charge in [-0.15, -0.1) is 0 Å². The van der Waals surface area contributed by atoms with Crippen molar-refractivity contribution < 1.29 is 14.4 Å². The van der Waals surface area contributed by atoms with Crippen molar-refractivity contribution in [3.8, 4) is 0 Å². The molecule has 2 aliphatic heterocycles. The summed E-state index contributed by atoms with van der Waals surface area (Å²) >= 11 is 1.63. The Morgan fingerprint density at radius 1 is 1.03 bits per heavy atom. The predicted molar refractivity (Wildman–Crippen MR) is 117 cm³/mol. The number of nitrogens with zero attached hydrogens (tertiary/aromatic N) is 2. The molecule has 4 rings (SSSR count). The summed E-state index contributed by atoms with van der Waals surface area (Å²) in [5.41, 5.74) is 1.89. The van der Waals surface area contributed by atoms with Gasteiger partial charge in [0.15, 0.2) is 0 Å². The Bertz CT molecular complexity index is 909. The standard InChI is InChI=1S/C22H24N4O3S/c27-20-19-13-25(22(29)23-17-9-5-2-6-10-17)11-12-26(19)21(28)18(24-20)15-30-14-16-7-3-1-4-8-16/h1-10,18-19H,11-15H2,(H,23,29)(H,24,27)/t18-,19+/m0/s1. The first kappa shape index (κ1) is 20.3. The molecule has 7 nitrogen and oxygen atoms in total. The number of urea groups is 1. The Balaban J connectivity index is 1.32. The molecule has 2 atom stereocenters. The molecule has 2 N–H and O–H groups in total. The number of fused-ring (bicyclic) bond motifs is 1. The van der Waals surface area contributed by atoms with Gasteiger partial charge in [0, 0.05) is 30.3 Å². The molecule has 0 aliphatic carbocycles. The van der Waals surface area contributed by atoms with Gasteiger partial charge in [-0.25, -0.2) is 4.79 Å². The van der Waals surface area contributed by atoms with E-state index in [1.807, 2.05) is 60.7 Å². The molecule has 8 heteroatoms. The topological polar surface area (TPSA) is 81.8 Å². The molecule has 0 bridgehead atoms. The highest BCUT2D eigenvalue weighted by molar-refractivity contribution is 7.98. The van der Waals surface area contributed by atoms with E-state index in [4.69, 9.17) is 0 Å². The van der Waals surface area contributed by atoms with Gasteiger partial charge in [0.1, 0.15) is 12.1 Å². The molecule has 2 saturated heterocycles. The molecule has 2 aromatic rings. The number of anilines is 1. The van der Waals surface area contributed by atoms with Gasteiger partial charge in [0.2, 0.25) is 11.8 Å². The van der Waals surface area contributed by atoms with Gasteiger partial charge in [0.05, 0.1) is 6.54 Å². The minimum absolute atomic E-state index is 0.0664. The third kappa shape index (κ3) is 4.59. The van der Waals surface area contributed by atoms with E-state index in [0.29, 0.717) is 24.5 Å². The van der Waals surface area contributed by atoms with E-state index < -0.39 is 12.1 Å². The molecule has 0 saturated carbocycles. The van der Waals surface area contributed by atoms with Crippen LogP contribution in [0.25, 0.3) is 0 Å². The summed E-state index contributed by atoms with van der Waals surface area (Å²) in [6.07, 6.45) is 0.